The normalized spacial score (nSPS) is 11.8. The van der Waals surface area contributed by atoms with Crippen LogP contribution in [-0.4, -0.2) is 142 Å². The van der Waals surface area contributed by atoms with E-state index in [9.17, 15) is 33.6 Å². The number of rotatable bonds is 22. The van der Waals surface area contributed by atoms with Crippen LogP contribution >= 0.6 is 0 Å². The summed E-state index contributed by atoms with van der Waals surface area (Å²) in [5.41, 5.74) is 11.2. The molecule has 1 aromatic rings. The van der Waals surface area contributed by atoms with Crippen molar-refractivity contribution in [2.75, 3.05) is 58.9 Å². The largest absolute Gasteiger partial charge is 0.480 e. The van der Waals surface area contributed by atoms with E-state index >= 15 is 0 Å². The van der Waals surface area contributed by atoms with Crippen molar-refractivity contribution in [3.63, 3.8) is 0 Å². The van der Waals surface area contributed by atoms with Gasteiger partial charge in [-0.3, -0.25) is 59.1 Å². The lowest BCUT2D eigenvalue weighted by molar-refractivity contribution is -0.143. The third-order valence-electron chi connectivity index (χ3n) is 6.33. The first-order chi connectivity index (χ1) is 21.5. The van der Waals surface area contributed by atoms with Crippen molar-refractivity contribution >= 4 is 41.6 Å². The molecule has 0 aliphatic carbocycles. The van der Waals surface area contributed by atoms with Crippen LogP contribution in [0.25, 0.3) is 0 Å². The number of benzene rings is 1. The number of hydrogen-bond donors (Lipinski definition) is 8. The Bertz CT molecular complexity index is 1140. The Morgan fingerprint density at radius 2 is 1.11 bits per heavy atom. The van der Waals surface area contributed by atoms with Gasteiger partial charge < -0.3 is 31.5 Å². The third-order valence-corrected chi connectivity index (χ3v) is 6.33. The fourth-order valence-corrected chi connectivity index (χ4v) is 4.16. The number of nitrogens with one attached hydrogen (secondary N) is 3. The van der Waals surface area contributed by atoms with Crippen LogP contribution in [0, 0.1) is 5.92 Å². The number of carboxylic acids is 4. The Morgan fingerprint density at radius 1 is 0.674 bits per heavy atom. The predicted molar refractivity (Wildman–Crippen MR) is 161 cm³/mol. The molecular formula is C28H43N7O11. The van der Waals surface area contributed by atoms with Crippen molar-refractivity contribution in [2.45, 2.75) is 32.9 Å². The van der Waals surface area contributed by atoms with Crippen molar-refractivity contribution in [3.05, 3.63) is 35.4 Å². The Labute approximate surface area is 265 Å². The zero-order valence-electron chi connectivity index (χ0n) is 25.8. The van der Waals surface area contributed by atoms with E-state index in [2.05, 4.69) is 16.2 Å². The quantitative estimate of drug-likeness (QED) is 0.0610. The maximum absolute atomic E-state index is 12.8. The minimum Gasteiger partial charge on any atom is -0.480 e. The van der Waals surface area contributed by atoms with Gasteiger partial charge in [0.05, 0.1) is 38.8 Å². The highest BCUT2D eigenvalue weighted by atomic mass is 16.4. The van der Waals surface area contributed by atoms with E-state index in [1.165, 1.54) is 17.0 Å². The van der Waals surface area contributed by atoms with Crippen molar-refractivity contribution in [1.82, 2.24) is 30.9 Å². The first-order valence-corrected chi connectivity index (χ1v) is 14.3. The number of aliphatic carboxylic acids is 4. The average molecular weight is 654 g/mol. The molecule has 1 atom stereocenters. The van der Waals surface area contributed by atoms with E-state index in [1.54, 1.807) is 12.1 Å². The van der Waals surface area contributed by atoms with Crippen LogP contribution < -0.4 is 21.9 Å². The standard InChI is InChI=1S/C28H43N7O11/c1-18(2)11-21(29)28(46)32-31-27(45)20-5-3-19(4-6-20)12-30-22(36)13-33(7-9-34(14-23(37)38)15-24(39)40)8-10-35(16-25(41)42)17-26(43)44/h3-6,18,21H,7-17,29H2,1-2H3,(H,30,36)(H,31,45)(H,32,46)(H,37,38)(H,39,40)(H,41,42)(H,43,44)/t21-/m1/s1. The molecule has 0 fully saturated rings. The van der Waals surface area contributed by atoms with Crippen LogP contribution in [-0.2, 0) is 35.3 Å². The predicted octanol–water partition coefficient (Wildman–Crippen LogP) is -2.32. The van der Waals surface area contributed by atoms with Gasteiger partial charge in [-0.05, 0) is 30.0 Å². The highest BCUT2D eigenvalue weighted by Gasteiger charge is 2.20. The number of carboxylic acid groups (broad SMARTS) is 4. The maximum Gasteiger partial charge on any atom is 0.317 e. The van der Waals surface area contributed by atoms with Crippen LogP contribution in [0.2, 0.25) is 0 Å². The molecule has 0 aromatic heterocycles. The molecule has 46 heavy (non-hydrogen) atoms. The molecule has 3 amide bonds. The minimum atomic E-state index is -1.25. The second-order valence-corrected chi connectivity index (χ2v) is 10.9. The van der Waals surface area contributed by atoms with Gasteiger partial charge in [0.15, 0.2) is 0 Å². The number of carbonyl (C=O) groups is 7. The van der Waals surface area contributed by atoms with E-state index in [0.29, 0.717) is 12.0 Å². The van der Waals surface area contributed by atoms with Crippen molar-refractivity contribution in [2.24, 2.45) is 11.7 Å². The SMILES string of the molecule is CC(C)C[C@@H](N)C(=O)NNC(=O)c1ccc(CNC(=O)CN(CCN(CC(=O)O)CC(=O)O)CCN(CC(=O)O)CC(=O)O)cc1. The molecule has 1 aromatic carbocycles. The Balaban J connectivity index is 2.81. The minimum absolute atomic E-state index is 0.0185. The first kappa shape index (κ1) is 39.4. The van der Waals surface area contributed by atoms with Crippen LogP contribution in [0.3, 0.4) is 0 Å². The summed E-state index contributed by atoms with van der Waals surface area (Å²) in [7, 11) is 0. The molecule has 18 nitrogen and oxygen atoms in total. The number of hydrogen-bond acceptors (Lipinski definition) is 11. The Morgan fingerprint density at radius 3 is 1.52 bits per heavy atom. The van der Waals surface area contributed by atoms with Gasteiger partial charge in [0, 0.05) is 38.3 Å². The average Bonchev–Trinajstić information content (AvgIpc) is 2.94. The lowest BCUT2D eigenvalue weighted by Crippen LogP contribution is -2.49. The van der Waals surface area contributed by atoms with E-state index < -0.39 is 73.8 Å². The summed E-state index contributed by atoms with van der Waals surface area (Å²) in [5, 5.41) is 39.1. The molecule has 18 heteroatoms. The van der Waals surface area contributed by atoms with Crippen LogP contribution in [0.5, 0.6) is 0 Å². The Kier molecular flexibility index (Phi) is 17.5. The Hall–Kier alpha value is -4.65. The van der Waals surface area contributed by atoms with Gasteiger partial charge in [0.25, 0.3) is 11.8 Å². The smallest absolute Gasteiger partial charge is 0.317 e. The van der Waals surface area contributed by atoms with Crippen molar-refractivity contribution in [1.29, 1.82) is 0 Å². The number of nitrogens with two attached hydrogens (primary N) is 1. The third kappa shape index (κ3) is 17.6. The molecule has 0 spiro atoms. The summed E-state index contributed by atoms with van der Waals surface area (Å²) in [6, 6.07) is 5.38. The second kappa shape index (κ2) is 20.4. The topological polar surface area (TPSA) is 272 Å². The summed E-state index contributed by atoms with van der Waals surface area (Å²) in [6.45, 7) is 1.29. The van der Waals surface area contributed by atoms with E-state index in [4.69, 9.17) is 26.2 Å². The number of hydrazine groups is 1. The maximum atomic E-state index is 12.8. The van der Waals surface area contributed by atoms with E-state index in [-0.39, 0.29) is 50.7 Å². The number of carbonyl (C=O) groups excluding carboxylic acids is 3. The molecule has 0 radical (unpaired) electrons. The second-order valence-electron chi connectivity index (χ2n) is 10.9. The monoisotopic (exact) mass is 653 g/mol. The van der Waals surface area contributed by atoms with Gasteiger partial charge in [0.1, 0.15) is 0 Å². The highest BCUT2D eigenvalue weighted by molar-refractivity contribution is 5.95. The first-order valence-electron chi connectivity index (χ1n) is 14.3. The molecule has 0 bridgehead atoms. The van der Waals surface area contributed by atoms with Crippen LogP contribution in [0.1, 0.15) is 36.2 Å². The summed E-state index contributed by atoms with van der Waals surface area (Å²) in [4.78, 5) is 85.6. The van der Waals surface area contributed by atoms with Crippen molar-refractivity contribution < 1.29 is 54.0 Å². The summed E-state index contributed by atoms with van der Waals surface area (Å²) in [5.74, 6) is -6.38. The molecule has 0 unspecified atom stereocenters. The summed E-state index contributed by atoms with van der Waals surface area (Å²) >= 11 is 0. The molecule has 0 saturated heterocycles. The molecule has 0 aliphatic rings. The van der Waals surface area contributed by atoms with Crippen molar-refractivity contribution in [3.8, 4) is 0 Å². The molecule has 9 N–H and O–H groups in total. The van der Waals surface area contributed by atoms with Gasteiger partial charge in [-0.1, -0.05) is 26.0 Å². The summed E-state index contributed by atoms with van der Waals surface area (Å²) in [6.07, 6.45) is 0.446. The highest BCUT2D eigenvalue weighted by Crippen LogP contribution is 2.05. The summed E-state index contributed by atoms with van der Waals surface area (Å²) < 4.78 is 0. The van der Waals surface area contributed by atoms with Gasteiger partial charge in [-0.15, -0.1) is 0 Å². The van der Waals surface area contributed by atoms with E-state index in [1.807, 2.05) is 13.8 Å². The van der Waals surface area contributed by atoms with Gasteiger partial charge in [-0.2, -0.15) is 0 Å². The fraction of sp³-hybridized carbons (Fsp3) is 0.536. The zero-order chi connectivity index (χ0) is 34.8. The molecule has 256 valence electrons. The molecule has 0 heterocycles. The zero-order valence-corrected chi connectivity index (χ0v) is 25.8. The number of nitrogens with zero attached hydrogens (tertiary/aromatic N) is 3. The van der Waals surface area contributed by atoms with Crippen LogP contribution in [0.4, 0.5) is 0 Å². The molecule has 0 saturated carbocycles. The van der Waals surface area contributed by atoms with E-state index in [0.717, 1.165) is 9.80 Å². The molecule has 1 rings (SSSR count). The molecule has 0 aliphatic heterocycles. The fourth-order valence-electron chi connectivity index (χ4n) is 4.16. The number of amides is 3. The van der Waals surface area contributed by atoms with Gasteiger partial charge >= 0.3 is 23.9 Å². The molecular weight excluding hydrogens is 610 g/mol. The van der Waals surface area contributed by atoms with Gasteiger partial charge in [-0.25, -0.2) is 0 Å². The van der Waals surface area contributed by atoms with Gasteiger partial charge in [0.2, 0.25) is 5.91 Å². The van der Waals surface area contributed by atoms with Crippen LogP contribution in [0.15, 0.2) is 24.3 Å². The lowest BCUT2D eigenvalue weighted by Gasteiger charge is -2.28. The lowest BCUT2D eigenvalue weighted by atomic mass is 10.0.